The van der Waals surface area contributed by atoms with Crippen LogP contribution in [0, 0.1) is 5.92 Å². The summed E-state index contributed by atoms with van der Waals surface area (Å²) in [5.41, 5.74) is 1.95. The van der Waals surface area contributed by atoms with Gasteiger partial charge in [0.25, 0.3) is 0 Å². The SMILES string of the molecule is CC1CNc2c(C=O)c3ccccc3n2C1. The molecule has 0 radical (unpaired) electrons. The largest absolute Gasteiger partial charge is 0.371 e. The van der Waals surface area contributed by atoms with Crippen LogP contribution >= 0.6 is 0 Å². The number of benzene rings is 1. The highest BCUT2D eigenvalue weighted by Gasteiger charge is 2.21. The van der Waals surface area contributed by atoms with Crippen LogP contribution in [0.5, 0.6) is 0 Å². The first-order valence-electron chi connectivity index (χ1n) is 5.61. The van der Waals surface area contributed by atoms with Crippen LogP contribution in [0.4, 0.5) is 5.82 Å². The molecule has 2 aromatic rings. The van der Waals surface area contributed by atoms with Crippen molar-refractivity contribution < 1.29 is 4.79 Å². The lowest BCUT2D eigenvalue weighted by atomic mass is 10.1. The molecule has 1 unspecified atom stereocenters. The monoisotopic (exact) mass is 214 g/mol. The number of nitrogens with one attached hydrogen (secondary N) is 1. The normalized spacial score (nSPS) is 19.2. The van der Waals surface area contributed by atoms with E-state index in [1.54, 1.807) is 0 Å². The Morgan fingerprint density at radius 3 is 3.06 bits per heavy atom. The van der Waals surface area contributed by atoms with Crippen molar-refractivity contribution in [3.63, 3.8) is 0 Å². The molecule has 3 heteroatoms. The minimum absolute atomic E-state index is 0.600. The van der Waals surface area contributed by atoms with E-state index in [1.165, 1.54) is 0 Å². The second kappa shape index (κ2) is 3.37. The number of anilines is 1. The summed E-state index contributed by atoms with van der Waals surface area (Å²) >= 11 is 0. The molecule has 0 fully saturated rings. The van der Waals surface area contributed by atoms with Crippen molar-refractivity contribution in [2.45, 2.75) is 13.5 Å². The molecule has 0 spiro atoms. The summed E-state index contributed by atoms with van der Waals surface area (Å²) in [7, 11) is 0. The highest BCUT2D eigenvalue weighted by atomic mass is 16.1. The second-order valence-electron chi connectivity index (χ2n) is 4.49. The zero-order valence-electron chi connectivity index (χ0n) is 9.23. The molecule has 82 valence electrons. The maximum Gasteiger partial charge on any atom is 0.154 e. The van der Waals surface area contributed by atoms with Crippen LogP contribution in [0.1, 0.15) is 17.3 Å². The van der Waals surface area contributed by atoms with Gasteiger partial charge in [-0.05, 0) is 12.0 Å². The van der Waals surface area contributed by atoms with Crippen molar-refractivity contribution in [1.29, 1.82) is 0 Å². The fourth-order valence-corrected chi connectivity index (χ4v) is 2.48. The van der Waals surface area contributed by atoms with Crippen LogP contribution in [0.15, 0.2) is 24.3 Å². The van der Waals surface area contributed by atoms with E-state index >= 15 is 0 Å². The maximum absolute atomic E-state index is 11.2. The van der Waals surface area contributed by atoms with E-state index in [-0.39, 0.29) is 0 Å². The third-order valence-electron chi connectivity index (χ3n) is 3.24. The Balaban J connectivity index is 2.35. The molecule has 2 heterocycles. The summed E-state index contributed by atoms with van der Waals surface area (Å²) in [6.07, 6.45) is 0.956. The van der Waals surface area contributed by atoms with Gasteiger partial charge in [0.2, 0.25) is 0 Å². The molecule has 0 aliphatic carbocycles. The quantitative estimate of drug-likeness (QED) is 0.740. The molecule has 16 heavy (non-hydrogen) atoms. The fraction of sp³-hybridized carbons (Fsp3) is 0.308. The van der Waals surface area contributed by atoms with Gasteiger partial charge in [-0.2, -0.15) is 0 Å². The molecular weight excluding hydrogens is 200 g/mol. The number of fused-ring (bicyclic) bond motifs is 3. The third kappa shape index (κ3) is 1.18. The van der Waals surface area contributed by atoms with Crippen LogP contribution in [0.2, 0.25) is 0 Å². The summed E-state index contributed by atoms with van der Waals surface area (Å²) in [5.74, 6) is 1.58. The lowest BCUT2D eigenvalue weighted by molar-refractivity contribution is 0.112. The summed E-state index contributed by atoms with van der Waals surface area (Å²) in [5, 5.41) is 4.40. The zero-order valence-corrected chi connectivity index (χ0v) is 9.23. The van der Waals surface area contributed by atoms with Gasteiger partial charge in [-0.3, -0.25) is 4.79 Å². The fourth-order valence-electron chi connectivity index (χ4n) is 2.48. The second-order valence-corrected chi connectivity index (χ2v) is 4.49. The predicted molar refractivity (Wildman–Crippen MR) is 65.0 cm³/mol. The van der Waals surface area contributed by atoms with E-state index < -0.39 is 0 Å². The Hall–Kier alpha value is -1.77. The van der Waals surface area contributed by atoms with Gasteiger partial charge >= 0.3 is 0 Å². The lowest BCUT2D eigenvalue weighted by Crippen LogP contribution is -2.25. The topological polar surface area (TPSA) is 34.0 Å². The molecular formula is C13H14N2O. The van der Waals surface area contributed by atoms with Gasteiger partial charge in [-0.25, -0.2) is 0 Å². The number of hydrogen-bond donors (Lipinski definition) is 1. The van der Waals surface area contributed by atoms with Crippen molar-refractivity contribution in [3.05, 3.63) is 29.8 Å². The Kier molecular flexibility index (Phi) is 1.99. The number of carbonyl (C=O) groups excluding carboxylic acids is 1. The highest BCUT2D eigenvalue weighted by molar-refractivity contribution is 6.03. The van der Waals surface area contributed by atoms with Crippen LogP contribution in [0.25, 0.3) is 10.9 Å². The summed E-state index contributed by atoms with van der Waals surface area (Å²) < 4.78 is 2.22. The minimum Gasteiger partial charge on any atom is -0.371 e. The van der Waals surface area contributed by atoms with E-state index in [4.69, 9.17) is 0 Å². The Morgan fingerprint density at radius 2 is 2.25 bits per heavy atom. The predicted octanol–water partition coefficient (Wildman–Crippen LogP) is 2.52. The van der Waals surface area contributed by atoms with Crippen LogP contribution in [0.3, 0.4) is 0 Å². The van der Waals surface area contributed by atoms with Gasteiger partial charge in [0, 0.05) is 18.5 Å². The summed E-state index contributed by atoms with van der Waals surface area (Å²) in [4.78, 5) is 11.2. The number of aldehydes is 1. The molecule has 1 aliphatic rings. The van der Waals surface area contributed by atoms with Crippen LogP contribution < -0.4 is 5.32 Å². The molecule has 0 bridgehead atoms. The number of nitrogens with zero attached hydrogens (tertiary/aromatic N) is 1. The number of aromatic nitrogens is 1. The van der Waals surface area contributed by atoms with E-state index in [9.17, 15) is 4.79 Å². The number of hydrogen-bond acceptors (Lipinski definition) is 2. The van der Waals surface area contributed by atoms with Gasteiger partial charge in [0.05, 0.1) is 11.1 Å². The van der Waals surface area contributed by atoms with E-state index in [2.05, 4.69) is 22.9 Å². The van der Waals surface area contributed by atoms with Crippen molar-refractivity contribution in [2.24, 2.45) is 5.92 Å². The number of para-hydroxylation sites is 1. The molecule has 0 amide bonds. The summed E-state index contributed by atoms with van der Waals surface area (Å²) in [6.45, 7) is 4.14. The van der Waals surface area contributed by atoms with E-state index in [1.807, 2.05) is 18.2 Å². The number of rotatable bonds is 1. The first-order chi connectivity index (χ1) is 7.81. The molecule has 1 aliphatic heterocycles. The number of carbonyl (C=O) groups is 1. The first kappa shape index (κ1) is 9.46. The smallest absolute Gasteiger partial charge is 0.154 e. The Labute approximate surface area is 94.1 Å². The third-order valence-corrected chi connectivity index (χ3v) is 3.24. The lowest BCUT2D eigenvalue weighted by Gasteiger charge is -2.24. The standard InChI is InChI=1S/C13H14N2O/c1-9-6-14-13-11(8-16)10-4-2-3-5-12(10)15(13)7-9/h2-5,8-9,14H,6-7H2,1H3. The van der Waals surface area contributed by atoms with Gasteiger partial charge in [-0.15, -0.1) is 0 Å². The van der Waals surface area contributed by atoms with Crippen molar-refractivity contribution in [3.8, 4) is 0 Å². The zero-order chi connectivity index (χ0) is 11.1. The van der Waals surface area contributed by atoms with Gasteiger partial charge in [0.15, 0.2) is 6.29 Å². The van der Waals surface area contributed by atoms with Gasteiger partial charge in [0.1, 0.15) is 5.82 Å². The molecule has 1 N–H and O–H groups in total. The maximum atomic E-state index is 11.2. The molecule has 1 atom stereocenters. The highest BCUT2D eigenvalue weighted by Crippen LogP contribution is 2.32. The van der Waals surface area contributed by atoms with Crippen molar-refractivity contribution >= 4 is 23.0 Å². The molecule has 0 saturated heterocycles. The molecule has 3 rings (SSSR count). The minimum atomic E-state index is 0.600. The Morgan fingerprint density at radius 1 is 1.44 bits per heavy atom. The van der Waals surface area contributed by atoms with Crippen molar-refractivity contribution in [2.75, 3.05) is 11.9 Å². The van der Waals surface area contributed by atoms with Crippen LogP contribution in [-0.4, -0.2) is 17.4 Å². The van der Waals surface area contributed by atoms with Crippen molar-refractivity contribution in [1.82, 2.24) is 4.57 Å². The summed E-state index contributed by atoms with van der Waals surface area (Å²) in [6, 6.07) is 8.08. The molecule has 1 aromatic carbocycles. The van der Waals surface area contributed by atoms with Crippen LogP contribution in [-0.2, 0) is 6.54 Å². The molecule has 0 saturated carbocycles. The van der Waals surface area contributed by atoms with E-state index in [0.29, 0.717) is 5.92 Å². The molecule has 1 aromatic heterocycles. The van der Waals surface area contributed by atoms with Gasteiger partial charge < -0.3 is 9.88 Å². The first-order valence-corrected chi connectivity index (χ1v) is 5.61. The van der Waals surface area contributed by atoms with Gasteiger partial charge in [-0.1, -0.05) is 25.1 Å². The Bertz CT molecular complexity index is 556. The van der Waals surface area contributed by atoms with E-state index in [0.717, 1.165) is 41.7 Å². The average Bonchev–Trinajstić information content (AvgIpc) is 2.62. The average molecular weight is 214 g/mol. The molecule has 3 nitrogen and oxygen atoms in total.